The number of nitrogens with zero attached hydrogens (tertiary/aromatic N) is 3. The van der Waals surface area contributed by atoms with Gasteiger partial charge in [-0.2, -0.15) is 5.10 Å². The molecule has 1 amide bonds. The van der Waals surface area contributed by atoms with E-state index < -0.39 is 5.54 Å². The van der Waals surface area contributed by atoms with Crippen molar-refractivity contribution in [2.45, 2.75) is 26.3 Å². The number of carbonyl (C=O) groups excluding carboxylic acids is 1. The fourth-order valence-corrected chi connectivity index (χ4v) is 4.45. The number of thiophene rings is 1. The van der Waals surface area contributed by atoms with E-state index >= 15 is 0 Å². The van der Waals surface area contributed by atoms with E-state index in [0.717, 1.165) is 20.7 Å². The van der Waals surface area contributed by atoms with Crippen molar-refractivity contribution < 1.29 is 4.79 Å². The number of fused-ring (bicyclic) bond motifs is 1. The van der Waals surface area contributed by atoms with Crippen LogP contribution in [-0.4, -0.2) is 20.7 Å². The quantitative estimate of drug-likeness (QED) is 0.545. The van der Waals surface area contributed by atoms with Gasteiger partial charge in [-0.05, 0) is 56.0 Å². The number of hydrogen-bond donors (Lipinski definition) is 1. The number of thiazole rings is 1. The van der Waals surface area contributed by atoms with E-state index in [1.165, 1.54) is 33.4 Å². The second kappa shape index (κ2) is 6.96. The monoisotopic (exact) mass is 410 g/mol. The van der Waals surface area contributed by atoms with Crippen molar-refractivity contribution in [2.24, 2.45) is 0 Å². The summed E-state index contributed by atoms with van der Waals surface area (Å²) in [6.07, 6.45) is 0. The molecule has 0 unspecified atom stereocenters. The van der Waals surface area contributed by atoms with Crippen molar-refractivity contribution in [1.29, 1.82) is 0 Å². The normalized spacial score (nSPS) is 11.7. The molecule has 3 aromatic heterocycles. The van der Waals surface area contributed by atoms with E-state index in [2.05, 4.69) is 15.4 Å². The van der Waals surface area contributed by atoms with Crippen molar-refractivity contribution in [3.8, 4) is 10.6 Å². The SMILES string of the molecule is Cc1ccc2nc(NC(=O)C(C)(C)n3nc(-c4cccs4)ccc3=O)sc2c1. The van der Waals surface area contributed by atoms with E-state index in [4.69, 9.17) is 0 Å². The Morgan fingerprint density at radius 3 is 2.75 bits per heavy atom. The Morgan fingerprint density at radius 2 is 2.00 bits per heavy atom. The molecule has 0 saturated heterocycles. The lowest BCUT2D eigenvalue weighted by Crippen LogP contribution is -2.47. The molecule has 0 aliphatic rings. The largest absolute Gasteiger partial charge is 0.300 e. The molecule has 0 bridgehead atoms. The van der Waals surface area contributed by atoms with Gasteiger partial charge in [0.05, 0.1) is 15.1 Å². The van der Waals surface area contributed by atoms with E-state index in [1.54, 1.807) is 19.9 Å². The van der Waals surface area contributed by atoms with Gasteiger partial charge < -0.3 is 0 Å². The molecule has 3 heterocycles. The standard InChI is InChI=1S/C20H18N4O2S2/c1-12-6-7-13-16(11-12)28-19(21-13)22-18(26)20(2,3)24-17(25)9-8-14(23-24)15-5-4-10-27-15/h4-11H,1-3H3,(H,21,22,26). The molecule has 0 saturated carbocycles. The molecule has 1 aromatic carbocycles. The number of aryl methyl sites for hydroxylation is 1. The second-order valence-corrected chi connectivity index (χ2v) is 8.93. The molecule has 0 spiro atoms. The van der Waals surface area contributed by atoms with Crippen molar-refractivity contribution >= 4 is 43.9 Å². The molecule has 8 heteroatoms. The predicted octanol–water partition coefficient (Wildman–Crippen LogP) is 4.26. The number of carbonyl (C=O) groups is 1. The summed E-state index contributed by atoms with van der Waals surface area (Å²) in [5.41, 5.74) is 1.11. The molecular weight excluding hydrogens is 392 g/mol. The number of hydrogen-bond acceptors (Lipinski definition) is 6. The van der Waals surface area contributed by atoms with Gasteiger partial charge in [-0.25, -0.2) is 9.67 Å². The number of benzene rings is 1. The van der Waals surface area contributed by atoms with E-state index in [9.17, 15) is 9.59 Å². The molecule has 0 aliphatic carbocycles. The highest BCUT2D eigenvalue weighted by atomic mass is 32.1. The molecule has 1 N–H and O–H groups in total. The van der Waals surface area contributed by atoms with Crippen molar-refractivity contribution in [2.75, 3.05) is 5.32 Å². The van der Waals surface area contributed by atoms with Crippen molar-refractivity contribution in [1.82, 2.24) is 14.8 Å². The van der Waals surface area contributed by atoms with Gasteiger partial charge in [0, 0.05) is 6.07 Å². The van der Waals surface area contributed by atoms with Gasteiger partial charge >= 0.3 is 0 Å². The maximum absolute atomic E-state index is 13.0. The first-order valence-corrected chi connectivity index (χ1v) is 10.4. The van der Waals surface area contributed by atoms with Crippen molar-refractivity contribution in [3.05, 3.63) is 63.8 Å². The summed E-state index contributed by atoms with van der Waals surface area (Å²) < 4.78 is 2.23. The summed E-state index contributed by atoms with van der Waals surface area (Å²) in [7, 11) is 0. The van der Waals surface area contributed by atoms with Crippen LogP contribution in [0.15, 0.2) is 52.6 Å². The van der Waals surface area contributed by atoms with Crippen molar-refractivity contribution in [3.63, 3.8) is 0 Å². The number of aromatic nitrogens is 3. The maximum Gasteiger partial charge on any atom is 0.267 e. The Kier molecular flexibility index (Phi) is 4.60. The highest BCUT2D eigenvalue weighted by Crippen LogP contribution is 2.28. The van der Waals surface area contributed by atoms with Crippen LogP contribution in [0.5, 0.6) is 0 Å². The third-order valence-electron chi connectivity index (χ3n) is 4.42. The summed E-state index contributed by atoms with van der Waals surface area (Å²) in [5, 5.41) is 9.73. The Bertz CT molecular complexity index is 1220. The molecule has 4 aromatic rings. The van der Waals surface area contributed by atoms with Crippen LogP contribution in [0.1, 0.15) is 19.4 Å². The molecular formula is C20H18N4O2S2. The van der Waals surface area contributed by atoms with Crippen LogP contribution in [0.4, 0.5) is 5.13 Å². The Hall–Kier alpha value is -2.84. The molecule has 0 fully saturated rings. The van der Waals surface area contributed by atoms with Crippen LogP contribution in [0.25, 0.3) is 20.8 Å². The van der Waals surface area contributed by atoms with Gasteiger partial charge in [0.1, 0.15) is 11.2 Å². The minimum atomic E-state index is -1.18. The average molecular weight is 411 g/mol. The Balaban J connectivity index is 1.66. The Morgan fingerprint density at radius 1 is 1.18 bits per heavy atom. The van der Waals surface area contributed by atoms with Crippen LogP contribution in [0.2, 0.25) is 0 Å². The summed E-state index contributed by atoms with van der Waals surface area (Å²) in [6.45, 7) is 5.36. The lowest BCUT2D eigenvalue weighted by Gasteiger charge is -2.24. The van der Waals surface area contributed by atoms with Crippen LogP contribution < -0.4 is 10.9 Å². The summed E-state index contributed by atoms with van der Waals surface area (Å²) >= 11 is 2.94. The van der Waals surface area contributed by atoms with Crippen LogP contribution in [0.3, 0.4) is 0 Å². The van der Waals surface area contributed by atoms with Crippen LogP contribution in [-0.2, 0) is 10.3 Å². The zero-order valence-electron chi connectivity index (χ0n) is 15.6. The van der Waals surface area contributed by atoms with Crippen LogP contribution >= 0.6 is 22.7 Å². The third kappa shape index (κ3) is 3.36. The molecule has 0 radical (unpaired) electrons. The van der Waals surface area contributed by atoms with Gasteiger partial charge in [0.25, 0.3) is 11.5 Å². The van der Waals surface area contributed by atoms with Gasteiger partial charge in [-0.15, -0.1) is 11.3 Å². The zero-order valence-corrected chi connectivity index (χ0v) is 17.2. The molecule has 0 aliphatic heterocycles. The smallest absolute Gasteiger partial charge is 0.267 e. The molecule has 0 atom stereocenters. The first-order valence-electron chi connectivity index (χ1n) is 8.68. The topological polar surface area (TPSA) is 76.9 Å². The fourth-order valence-electron chi connectivity index (χ4n) is 2.80. The summed E-state index contributed by atoms with van der Waals surface area (Å²) in [6, 6.07) is 12.9. The van der Waals surface area contributed by atoms with E-state index in [1.807, 2.05) is 42.6 Å². The maximum atomic E-state index is 13.0. The highest BCUT2D eigenvalue weighted by molar-refractivity contribution is 7.22. The second-order valence-electron chi connectivity index (χ2n) is 6.95. The average Bonchev–Trinajstić information content (AvgIpc) is 3.31. The van der Waals surface area contributed by atoms with Gasteiger partial charge in [-0.1, -0.05) is 23.5 Å². The lowest BCUT2D eigenvalue weighted by atomic mass is 10.1. The Labute approximate surface area is 169 Å². The predicted molar refractivity (Wildman–Crippen MR) is 114 cm³/mol. The zero-order chi connectivity index (χ0) is 19.9. The van der Waals surface area contributed by atoms with Crippen LogP contribution in [0, 0.1) is 6.92 Å². The lowest BCUT2D eigenvalue weighted by molar-refractivity contribution is -0.123. The first kappa shape index (κ1) is 18.5. The molecule has 28 heavy (non-hydrogen) atoms. The highest BCUT2D eigenvalue weighted by Gasteiger charge is 2.33. The summed E-state index contributed by atoms with van der Waals surface area (Å²) in [5.74, 6) is -0.346. The van der Waals surface area contributed by atoms with Gasteiger partial charge in [-0.3, -0.25) is 14.9 Å². The van der Waals surface area contributed by atoms with E-state index in [-0.39, 0.29) is 11.5 Å². The third-order valence-corrected chi connectivity index (χ3v) is 6.25. The molecule has 142 valence electrons. The van der Waals surface area contributed by atoms with Gasteiger partial charge in [0.15, 0.2) is 5.13 Å². The minimum absolute atomic E-state index is 0.333. The van der Waals surface area contributed by atoms with E-state index in [0.29, 0.717) is 10.8 Å². The summed E-state index contributed by atoms with van der Waals surface area (Å²) in [4.78, 5) is 30.8. The molecule has 6 nitrogen and oxygen atoms in total. The molecule has 4 rings (SSSR count). The first-order chi connectivity index (χ1) is 13.3. The van der Waals surface area contributed by atoms with Gasteiger partial charge in [0.2, 0.25) is 0 Å². The number of amides is 1. The minimum Gasteiger partial charge on any atom is -0.300 e. The fraction of sp³-hybridized carbons (Fsp3) is 0.200. The number of anilines is 1. The number of nitrogens with one attached hydrogen (secondary N) is 1. The number of rotatable bonds is 4.